The van der Waals surface area contributed by atoms with Gasteiger partial charge in [0, 0.05) is 5.39 Å². The first kappa shape index (κ1) is 20.8. The van der Waals surface area contributed by atoms with Crippen molar-refractivity contribution in [3.8, 4) is 0 Å². The van der Waals surface area contributed by atoms with Crippen LogP contribution in [0, 0.1) is 0 Å². The van der Waals surface area contributed by atoms with E-state index in [-0.39, 0.29) is 16.2 Å². The number of pyridine rings is 1. The molecule has 1 aromatic heterocycles. The second-order valence-corrected chi connectivity index (χ2v) is 9.39. The number of hydrogen-bond acceptors (Lipinski definition) is 4. The lowest BCUT2D eigenvalue weighted by molar-refractivity contribution is 0.0697. The molecule has 0 unspecified atom stereocenters. The van der Waals surface area contributed by atoms with E-state index in [0.29, 0.717) is 5.69 Å². The van der Waals surface area contributed by atoms with E-state index in [9.17, 15) is 13.2 Å². The highest BCUT2D eigenvalue weighted by molar-refractivity contribution is 7.90. The zero-order chi connectivity index (χ0) is 21.8. The van der Waals surface area contributed by atoms with Crippen LogP contribution in [0.1, 0.15) is 27.2 Å². The van der Waals surface area contributed by atoms with E-state index in [2.05, 4.69) is 4.98 Å². The van der Waals surface area contributed by atoms with E-state index >= 15 is 0 Å². The van der Waals surface area contributed by atoms with Gasteiger partial charge in [-0.05, 0) is 60.4 Å². The summed E-state index contributed by atoms with van der Waals surface area (Å²) in [6, 6.07) is 25.0. The Labute approximate surface area is 180 Å². The third-order valence-electron chi connectivity index (χ3n) is 5.18. The fraction of sp³-hybridized carbons (Fsp3) is 0.120. The number of sulfone groups is 1. The van der Waals surface area contributed by atoms with Crippen LogP contribution >= 0.6 is 0 Å². The maximum absolute atomic E-state index is 12.8. The smallest absolute Gasteiger partial charge is 0.335 e. The summed E-state index contributed by atoms with van der Waals surface area (Å²) in [5.41, 5.74) is 3.61. The molecule has 0 saturated heterocycles. The lowest BCUT2D eigenvalue weighted by Crippen LogP contribution is -2.06. The summed E-state index contributed by atoms with van der Waals surface area (Å²) in [4.78, 5) is 15.7. The van der Waals surface area contributed by atoms with E-state index in [1.54, 1.807) is 42.5 Å². The number of aryl methyl sites for hydroxylation is 2. The first-order chi connectivity index (χ1) is 14.9. The van der Waals surface area contributed by atoms with Gasteiger partial charge in [0.2, 0.25) is 0 Å². The van der Waals surface area contributed by atoms with Crippen molar-refractivity contribution in [3.05, 3.63) is 107 Å². The van der Waals surface area contributed by atoms with Crippen LogP contribution in [0.15, 0.2) is 89.8 Å². The van der Waals surface area contributed by atoms with Crippen molar-refractivity contribution < 1.29 is 18.3 Å². The largest absolute Gasteiger partial charge is 0.478 e. The predicted molar refractivity (Wildman–Crippen MR) is 120 cm³/mol. The molecule has 0 atom stereocenters. The average Bonchev–Trinajstić information content (AvgIpc) is 2.78. The Hall–Kier alpha value is -3.51. The molecular weight excluding hydrogens is 410 g/mol. The zero-order valence-electron chi connectivity index (χ0n) is 16.7. The van der Waals surface area contributed by atoms with Gasteiger partial charge >= 0.3 is 5.97 Å². The van der Waals surface area contributed by atoms with Crippen molar-refractivity contribution >= 4 is 26.7 Å². The van der Waals surface area contributed by atoms with E-state index in [1.165, 1.54) is 0 Å². The van der Waals surface area contributed by atoms with Crippen LogP contribution in [0.5, 0.6) is 0 Å². The van der Waals surface area contributed by atoms with Crippen LogP contribution in [0.4, 0.5) is 0 Å². The minimum absolute atomic E-state index is 0.146. The third kappa shape index (κ3) is 4.98. The van der Waals surface area contributed by atoms with Gasteiger partial charge in [-0.2, -0.15) is 0 Å². The number of fused-ring (bicyclic) bond motifs is 1. The molecule has 0 saturated carbocycles. The average molecular weight is 432 g/mol. The molecule has 1 heterocycles. The topological polar surface area (TPSA) is 84.3 Å². The molecule has 0 bridgehead atoms. The van der Waals surface area contributed by atoms with Crippen molar-refractivity contribution in [1.82, 2.24) is 4.98 Å². The predicted octanol–water partition coefficient (Wildman–Crippen LogP) is 4.69. The summed E-state index contributed by atoms with van der Waals surface area (Å²) in [6.45, 7) is 0. The van der Waals surface area contributed by atoms with Crippen LogP contribution in [0.3, 0.4) is 0 Å². The highest BCUT2D eigenvalue weighted by atomic mass is 32.2. The summed E-state index contributed by atoms with van der Waals surface area (Å²) in [5, 5.41) is 9.94. The van der Waals surface area contributed by atoms with E-state index in [0.717, 1.165) is 34.9 Å². The van der Waals surface area contributed by atoms with Gasteiger partial charge in [0.1, 0.15) is 0 Å². The number of nitrogens with zero attached hydrogens (tertiary/aromatic N) is 1. The number of aromatic carboxylic acids is 1. The first-order valence-electron chi connectivity index (χ1n) is 9.89. The number of carboxylic acid groups (broad SMARTS) is 1. The number of carboxylic acids is 1. The van der Waals surface area contributed by atoms with Gasteiger partial charge in [-0.3, -0.25) is 4.98 Å². The molecule has 6 heteroatoms. The zero-order valence-corrected chi connectivity index (χ0v) is 17.5. The van der Waals surface area contributed by atoms with Gasteiger partial charge in [0.05, 0.1) is 27.4 Å². The van der Waals surface area contributed by atoms with Crippen molar-refractivity contribution in [2.75, 3.05) is 0 Å². The molecule has 0 spiro atoms. The summed E-state index contributed by atoms with van der Waals surface area (Å²) in [6.07, 6.45) is 1.48. The maximum atomic E-state index is 12.8. The Morgan fingerprint density at radius 3 is 2.03 bits per heavy atom. The Bertz CT molecular complexity index is 1330. The summed E-state index contributed by atoms with van der Waals surface area (Å²) in [5.74, 6) is -1.09. The first-order valence-corrected chi connectivity index (χ1v) is 11.5. The van der Waals surface area contributed by atoms with Gasteiger partial charge in [-0.1, -0.05) is 48.5 Å². The Morgan fingerprint density at radius 1 is 0.774 bits per heavy atom. The fourth-order valence-corrected chi connectivity index (χ4v) is 4.70. The van der Waals surface area contributed by atoms with Crippen molar-refractivity contribution in [2.24, 2.45) is 0 Å². The molecule has 0 amide bonds. The van der Waals surface area contributed by atoms with Gasteiger partial charge in [-0.15, -0.1) is 0 Å². The molecule has 4 aromatic rings. The van der Waals surface area contributed by atoms with Crippen LogP contribution in [0.25, 0.3) is 10.9 Å². The van der Waals surface area contributed by atoms with E-state index in [4.69, 9.17) is 5.11 Å². The Morgan fingerprint density at radius 2 is 1.39 bits per heavy atom. The molecule has 31 heavy (non-hydrogen) atoms. The van der Waals surface area contributed by atoms with E-state index < -0.39 is 15.8 Å². The Kier molecular flexibility index (Phi) is 5.82. The minimum Gasteiger partial charge on any atom is -0.478 e. The van der Waals surface area contributed by atoms with Gasteiger partial charge in [0.25, 0.3) is 0 Å². The minimum atomic E-state index is -3.50. The molecule has 5 nitrogen and oxygen atoms in total. The molecule has 3 aromatic carbocycles. The quantitative estimate of drug-likeness (QED) is 0.459. The Balaban J connectivity index is 1.42. The van der Waals surface area contributed by atoms with Gasteiger partial charge in [0.15, 0.2) is 9.84 Å². The molecule has 1 N–H and O–H groups in total. The summed E-state index contributed by atoms with van der Waals surface area (Å²) in [7, 11) is -3.50. The van der Waals surface area contributed by atoms with Crippen LogP contribution < -0.4 is 0 Å². The summed E-state index contributed by atoms with van der Waals surface area (Å²) >= 11 is 0. The number of para-hydroxylation sites is 1. The van der Waals surface area contributed by atoms with E-state index in [1.807, 2.05) is 42.5 Å². The van der Waals surface area contributed by atoms with Gasteiger partial charge < -0.3 is 5.11 Å². The van der Waals surface area contributed by atoms with Gasteiger partial charge in [-0.25, -0.2) is 13.2 Å². The molecule has 4 rings (SSSR count). The maximum Gasteiger partial charge on any atom is 0.335 e. The summed E-state index contributed by atoms with van der Waals surface area (Å²) < 4.78 is 25.7. The molecule has 0 radical (unpaired) electrons. The number of rotatable bonds is 7. The lowest BCUT2D eigenvalue weighted by Gasteiger charge is -2.07. The normalized spacial score (nSPS) is 11.5. The SMILES string of the molecule is O=C(O)c1ccc(CCc2ccc(S(=O)(=O)Cc3ccc4ccccc4n3)cc2)cc1. The van der Waals surface area contributed by atoms with Crippen LogP contribution in [-0.2, 0) is 28.4 Å². The van der Waals surface area contributed by atoms with Crippen LogP contribution in [0.2, 0.25) is 0 Å². The highest BCUT2D eigenvalue weighted by Gasteiger charge is 2.16. The third-order valence-corrected chi connectivity index (χ3v) is 6.85. The molecule has 0 fully saturated rings. The molecule has 156 valence electrons. The second kappa shape index (κ2) is 8.70. The monoisotopic (exact) mass is 431 g/mol. The molecule has 0 aliphatic heterocycles. The van der Waals surface area contributed by atoms with Crippen molar-refractivity contribution in [1.29, 1.82) is 0 Å². The fourth-order valence-electron chi connectivity index (χ4n) is 3.43. The second-order valence-electron chi connectivity index (χ2n) is 7.40. The van der Waals surface area contributed by atoms with Crippen molar-refractivity contribution in [3.63, 3.8) is 0 Å². The molecular formula is C25H21NO4S. The number of benzene rings is 3. The molecule has 0 aliphatic carbocycles. The highest BCUT2D eigenvalue weighted by Crippen LogP contribution is 2.19. The lowest BCUT2D eigenvalue weighted by atomic mass is 10.0. The van der Waals surface area contributed by atoms with Crippen molar-refractivity contribution in [2.45, 2.75) is 23.5 Å². The van der Waals surface area contributed by atoms with Crippen LogP contribution in [-0.4, -0.2) is 24.5 Å². The number of aromatic nitrogens is 1. The number of carbonyl (C=O) groups is 1. The number of hydrogen-bond donors (Lipinski definition) is 1. The molecule has 0 aliphatic rings. The standard InChI is InChI=1S/C25H21NO4S/c27-25(28)21-11-7-18(8-12-21)5-6-19-9-15-23(16-10-19)31(29,30)17-22-14-13-20-3-1-2-4-24(20)26-22/h1-4,7-16H,5-6,17H2,(H,27,28).